The Morgan fingerprint density at radius 2 is 2.50 bits per heavy atom. The van der Waals surface area contributed by atoms with E-state index in [1.54, 1.807) is 6.07 Å². The first-order chi connectivity index (χ1) is 7.66. The average molecular weight is 287 g/mol. The predicted octanol–water partition coefficient (Wildman–Crippen LogP) is 1.87. The van der Waals surface area contributed by atoms with Crippen LogP contribution in [0.3, 0.4) is 0 Å². The number of carbonyl (C=O) groups is 1. The molecular formula is C11H15BrN2O2. The summed E-state index contributed by atoms with van der Waals surface area (Å²) in [5, 5.41) is 3.02. The van der Waals surface area contributed by atoms with E-state index in [2.05, 4.69) is 33.2 Å². The Balaban J connectivity index is 1.95. The van der Waals surface area contributed by atoms with Crippen LogP contribution in [0.1, 0.15) is 23.2 Å². The lowest BCUT2D eigenvalue weighted by atomic mass is 10.1. The second kappa shape index (κ2) is 5.01. The second-order valence-corrected chi connectivity index (χ2v) is 4.90. The number of amides is 1. The molecule has 0 saturated carbocycles. The maximum absolute atomic E-state index is 11.9. The molecule has 2 rings (SSSR count). The summed E-state index contributed by atoms with van der Waals surface area (Å²) in [6.07, 6.45) is 3.69. The van der Waals surface area contributed by atoms with Gasteiger partial charge in [-0.25, -0.2) is 0 Å². The van der Waals surface area contributed by atoms with Crippen LogP contribution in [0.2, 0.25) is 0 Å². The molecule has 16 heavy (non-hydrogen) atoms. The van der Waals surface area contributed by atoms with Crippen LogP contribution >= 0.6 is 15.9 Å². The molecule has 1 aliphatic heterocycles. The van der Waals surface area contributed by atoms with Crippen molar-refractivity contribution < 1.29 is 9.21 Å². The topological polar surface area (TPSA) is 45.5 Å². The Morgan fingerprint density at radius 1 is 1.69 bits per heavy atom. The summed E-state index contributed by atoms with van der Waals surface area (Å²) in [5.74, 6) is -0.0686. The summed E-state index contributed by atoms with van der Waals surface area (Å²) in [5.41, 5.74) is 0.563. The van der Waals surface area contributed by atoms with E-state index in [9.17, 15) is 4.79 Å². The van der Waals surface area contributed by atoms with Crippen LogP contribution in [0.25, 0.3) is 0 Å². The van der Waals surface area contributed by atoms with Crippen LogP contribution in [0.4, 0.5) is 0 Å². The van der Waals surface area contributed by atoms with Crippen LogP contribution in [0.5, 0.6) is 0 Å². The molecule has 1 amide bonds. The number of rotatable bonds is 2. The molecule has 0 bridgehead atoms. The van der Waals surface area contributed by atoms with Gasteiger partial charge in [0.2, 0.25) is 0 Å². The first-order valence-corrected chi connectivity index (χ1v) is 6.18. The highest BCUT2D eigenvalue weighted by Crippen LogP contribution is 2.18. The molecule has 1 N–H and O–H groups in total. The molecule has 0 aliphatic carbocycles. The molecule has 1 aromatic rings. The smallest absolute Gasteiger partial charge is 0.256 e. The van der Waals surface area contributed by atoms with Gasteiger partial charge in [0, 0.05) is 12.6 Å². The van der Waals surface area contributed by atoms with Gasteiger partial charge in [0.1, 0.15) is 0 Å². The number of nitrogens with zero attached hydrogens (tertiary/aromatic N) is 1. The van der Waals surface area contributed by atoms with Gasteiger partial charge in [-0.2, -0.15) is 0 Å². The lowest BCUT2D eigenvalue weighted by molar-refractivity contribution is 0.0911. The Kier molecular flexibility index (Phi) is 3.66. The SMILES string of the molecule is CN1CCCC(NC(=O)c2ccoc2Br)C1. The lowest BCUT2D eigenvalue weighted by Crippen LogP contribution is -2.46. The van der Waals surface area contributed by atoms with Crippen LogP contribution in [-0.4, -0.2) is 37.0 Å². The number of hydrogen-bond acceptors (Lipinski definition) is 3. The van der Waals surface area contributed by atoms with Gasteiger partial charge >= 0.3 is 0 Å². The maximum atomic E-state index is 11.9. The van der Waals surface area contributed by atoms with Crippen molar-refractivity contribution in [2.24, 2.45) is 0 Å². The van der Waals surface area contributed by atoms with Gasteiger partial charge in [-0.1, -0.05) is 0 Å². The second-order valence-electron chi connectivity index (χ2n) is 4.18. The standard InChI is InChI=1S/C11H15BrN2O2/c1-14-5-2-3-8(7-14)13-11(15)9-4-6-16-10(9)12/h4,6,8H,2-3,5,7H2,1H3,(H,13,15). The minimum Gasteiger partial charge on any atom is -0.457 e. The molecule has 1 fully saturated rings. The third-order valence-corrected chi connectivity index (χ3v) is 3.44. The zero-order valence-electron chi connectivity index (χ0n) is 9.20. The number of furan rings is 1. The molecule has 1 aromatic heterocycles. The highest BCUT2D eigenvalue weighted by atomic mass is 79.9. The highest BCUT2D eigenvalue weighted by Gasteiger charge is 2.21. The fourth-order valence-corrected chi connectivity index (χ4v) is 2.42. The Hall–Kier alpha value is -0.810. The van der Waals surface area contributed by atoms with Gasteiger partial charge in [-0.15, -0.1) is 0 Å². The largest absolute Gasteiger partial charge is 0.457 e. The summed E-state index contributed by atoms with van der Waals surface area (Å²) in [4.78, 5) is 14.1. The van der Waals surface area contributed by atoms with E-state index in [1.165, 1.54) is 6.26 Å². The number of halogens is 1. The van der Waals surface area contributed by atoms with E-state index in [1.807, 2.05) is 0 Å². The van der Waals surface area contributed by atoms with Gasteiger partial charge < -0.3 is 14.6 Å². The van der Waals surface area contributed by atoms with Crippen molar-refractivity contribution in [1.29, 1.82) is 0 Å². The summed E-state index contributed by atoms with van der Waals surface area (Å²) in [7, 11) is 2.08. The van der Waals surface area contributed by atoms with Gasteiger partial charge in [0.15, 0.2) is 4.67 Å². The maximum Gasteiger partial charge on any atom is 0.256 e. The number of piperidine rings is 1. The number of nitrogens with one attached hydrogen (secondary N) is 1. The zero-order valence-corrected chi connectivity index (χ0v) is 10.8. The van der Waals surface area contributed by atoms with Crippen LogP contribution in [-0.2, 0) is 0 Å². The van der Waals surface area contributed by atoms with E-state index in [4.69, 9.17) is 4.42 Å². The minimum absolute atomic E-state index is 0.0686. The zero-order chi connectivity index (χ0) is 11.5. The Morgan fingerprint density at radius 3 is 3.12 bits per heavy atom. The van der Waals surface area contributed by atoms with Crippen molar-refractivity contribution in [2.75, 3.05) is 20.1 Å². The van der Waals surface area contributed by atoms with Crippen LogP contribution < -0.4 is 5.32 Å². The molecule has 1 aliphatic rings. The molecule has 88 valence electrons. The first-order valence-electron chi connectivity index (χ1n) is 5.39. The molecule has 1 saturated heterocycles. The molecule has 0 radical (unpaired) electrons. The molecule has 0 spiro atoms. The number of hydrogen-bond donors (Lipinski definition) is 1. The number of likely N-dealkylation sites (tertiary alicyclic amines) is 1. The summed E-state index contributed by atoms with van der Waals surface area (Å²) >= 11 is 3.21. The van der Waals surface area contributed by atoms with E-state index in [-0.39, 0.29) is 11.9 Å². The number of likely N-dealkylation sites (N-methyl/N-ethyl adjacent to an activating group) is 1. The van der Waals surface area contributed by atoms with E-state index in [0.29, 0.717) is 10.2 Å². The molecule has 0 aromatic carbocycles. The monoisotopic (exact) mass is 286 g/mol. The van der Waals surface area contributed by atoms with Crippen molar-refractivity contribution in [2.45, 2.75) is 18.9 Å². The normalized spacial score (nSPS) is 22.0. The summed E-state index contributed by atoms with van der Waals surface area (Å²) < 4.78 is 5.54. The molecule has 1 atom stereocenters. The van der Waals surface area contributed by atoms with E-state index < -0.39 is 0 Å². The molecule has 5 heteroatoms. The summed E-state index contributed by atoms with van der Waals surface area (Å²) in [6, 6.07) is 1.92. The molecular weight excluding hydrogens is 272 g/mol. The van der Waals surface area contributed by atoms with Crippen LogP contribution in [0, 0.1) is 0 Å². The average Bonchev–Trinajstić information content (AvgIpc) is 2.64. The lowest BCUT2D eigenvalue weighted by Gasteiger charge is -2.30. The van der Waals surface area contributed by atoms with Crippen LogP contribution in [0.15, 0.2) is 21.4 Å². The molecule has 4 nitrogen and oxygen atoms in total. The van der Waals surface area contributed by atoms with Crippen molar-refractivity contribution >= 4 is 21.8 Å². The number of carbonyl (C=O) groups excluding carboxylic acids is 1. The van der Waals surface area contributed by atoms with Gasteiger partial charge in [-0.05, 0) is 48.4 Å². The van der Waals surface area contributed by atoms with Crippen molar-refractivity contribution in [1.82, 2.24) is 10.2 Å². The van der Waals surface area contributed by atoms with E-state index in [0.717, 1.165) is 25.9 Å². The third-order valence-electron chi connectivity index (χ3n) is 2.82. The third kappa shape index (κ3) is 2.65. The molecule has 2 heterocycles. The van der Waals surface area contributed by atoms with Crippen molar-refractivity contribution in [3.05, 3.63) is 22.6 Å². The Bertz CT molecular complexity index is 378. The molecule has 1 unspecified atom stereocenters. The van der Waals surface area contributed by atoms with Crippen molar-refractivity contribution in [3.8, 4) is 0 Å². The van der Waals surface area contributed by atoms with Crippen molar-refractivity contribution in [3.63, 3.8) is 0 Å². The quantitative estimate of drug-likeness (QED) is 0.903. The fraction of sp³-hybridized carbons (Fsp3) is 0.545. The Labute approximate surface area is 103 Å². The van der Waals surface area contributed by atoms with Gasteiger partial charge in [0.25, 0.3) is 5.91 Å². The minimum atomic E-state index is -0.0686. The van der Waals surface area contributed by atoms with Gasteiger partial charge in [-0.3, -0.25) is 4.79 Å². The highest BCUT2D eigenvalue weighted by molar-refractivity contribution is 9.10. The summed E-state index contributed by atoms with van der Waals surface area (Å²) in [6.45, 7) is 2.03. The first kappa shape index (κ1) is 11.7. The fourth-order valence-electron chi connectivity index (χ4n) is 2.00. The van der Waals surface area contributed by atoms with E-state index >= 15 is 0 Å². The predicted molar refractivity (Wildman–Crippen MR) is 64.4 cm³/mol. The van der Waals surface area contributed by atoms with Gasteiger partial charge in [0.05, 0.1) is 11.8 Å².